The highest BCUT2D eigenvalue weighted by atomic mass is 35.5. The van der Waals surface area contributed by atoms with Crippen molar-refractivity contribution in [1.29, 1.82) is 0 Å². The smallest absolute Gasteiger partial charge is 0.259 e. The normalized spacial score (nSPS) is 11.6. The number of fused-ring (bicyclic) bond motifs is 3. The summed E-state index contributed by atoms with van der Waals surface area (Å²) in [6.45, 7) is 0. The maximum absolute atomic E-state index is 13.2. The Morgan fingerprint density at radius 2 is 1.77 bits per heavy atom. The molecule has 0 amide bonds. The maximum Gasteiger partial charge on any atom is 0.259 e. The lowest BCUT2D eigenvalue weighted by Gasteiger charge is -2.09. The molecule has 0 saturated heterocycles. The molecule has 0 aliphatic heterocycles. The molecule has 0 fully saturated rings. The zero-order chi connectivity index (χ0) is 21.9. The largest absolute Gasteiger partial charge is 0.330 e. The number of halogens is 3. The van der Waals surface area contributed by atoms with E-state index < -0.39 is 0 Å². The van der Waals surface area contributed by atoms with Crippen LogP contribution >= 0.6 is 46.1 Å². The van der Waals surface area contributed by atoms with Crippen LogP contribution in [0.5, 0.6) is 0 Å². The summed E-state index contributed by atoms with van der Waals surface area (Å²) in [5, 5.41) is 5.88. The first-order valence-electron chi connectivity index (χ1n) is 9.47. The molecule has 0 aliphatic rings. The maximum atomic E-state index is 13.2. The number of aromatic nitrogens is 3. The van der Waals surface area contributed by atoms with Gasteiger partial charge in [-0.3, -0.25) is 9.36 Å². The highest BCUT2D eigenvalue weighted by Gasteiger charge is 2.18. The van der Waals surface area contributed by atoms with Gasteiger partial charge < -0.3 is 4.57 Å². The van der Waals surface area contributed by atoms with E-state index in [0.717, 1.165) is 38.2 Å². The van der Waals surface area contributed by atoms with Crippen LogP contribution in [0, 0.1) is 0 Å². The molecule has 0 atom stereocenters. The summed E-state index contributed by atoms with van der Waals surface area (Å²) in [5.41, 5.74) is 4.85. The van der Waals surface area contributed by atoms with Crippen molar-refractivity contribution in [2.75, 3.05) is 0 Å². The zero-order valence-electron chi connectivity index (χ0n) is 16.6. The van der Waals surface area contributed by atoms with Crippen molar-refractivity contribution in [3.8, 4) is 22.4 Å². The second-order valence-electron chi connectivity index (χ2n) is 7.33. The van der Waals surface area contributed by atoms with Crippen LogP contribution in [-0.4, -0.2) is 14.1 Å². The van der Waals surface area contributed by atoms with Crippen molar-refractivity contribution < 1.29 is 0 Å². The number of thiazole rings is 1. The Kier molecular flexibility index (Phi) is 5.10. The van der Waals surface area contributed by atoms with Crippen LogP contribution in [0.25, 0.3) is 44.3 Å². The summed E-state index contributed by atoms with van der Waals surface area (Å²) in [6, 6.07) is 13.3. The van der Waals surface area contributed by atoms with E-state index in [-0.39, 0.29) is 5.56 Å². The van der Waals surface area contributed by atoms with Crippen LogP contribution in [0.4, 0.5) is 0 Å². The van der Waals surface area contributed by atoms with Gasteiger partial charge in [0.1, 0.15) is 10.7 Å². The van der Waals surface area contributed by atoms with Gasteiger partial charge in [0.05, 0.1) is 22.1 Å². The summed E-state index contributed by atoms with van der Waals surface area (Å²) in [6.07, 6.45) is 0. The molecule has 31 heavy (non-hydrogen) atoms. The number of pyridine rings is 1. The molecule has 3 aromatic heterocycles. The van der Waals surface area contributed by atoms with Gasteiger partial charge in [-0.05, 0) is 30.3 Å². The molecule has 0 bridgehead atoms. The average Bonchev–Trinajstić information content (AvgIpc) is 3.34. The molecule has 3 heterocycles. The fraction of sp³-hybridized carbons (Fsp3) is 0.130. The average molecular weight is 489 g/mol. The number of benzene rings is 2. The molecule has 0 unspecified atom stereocenters. The molecule has 0 N–H and O–H groups in total. The van der Waals surface area contributed by atoms with Crippen molar-refractivity contribution in [1.82, 2.24) is 14.1 Å². The first-order chi connectivity index (χ1) is 14.9. The molecule has 0 spiro atoms. The Morgan fingerprint density at radius 1 is 0.968 bits per heavy atom. The molecule has 0 radical (unpaired) electrons. The Hall–Kier alpha value is -2.31. The van der Waals surface area contributed by atoms with E-state index in [0.29, 0.717) is 27.1 Å². The minimum Gasteiger partial charge on any atom is -0.330 e. The summed E-state index contributed by atoms with van der Waals surface area (Å²) >= 11 is 20.0. The lowest BCUT2D eigenvalue weighted by Crippen LogP contribution is -2.20. The summed E-state index contributed by atoms with van der Waals surface area (Å²) in [5.74, 6) is 0.397. The standard InChI is InChI=1S/C23H16Cl3N3OS/c1-28-20-6-3-12(19-11-31-21(10-24)27-19)7-15(20)16-9-17(23(30)29(2)22(16)28)14-5-4-13(25)8-18(14)26/h3-9,11H,10H2,1-2H3. The van der Waals surface area contributed by atoms with E-state index in [9.17, 15) is 4.79 Å². The Morgan fingerprint density at radius 3 is 2.48 bits per heavy atom. The van der Waals surface area contributed by atoms with E-state index in [2.05, 4.69) is 17.1 Å². The molecule has 0 saturated carbocycles. The third-order valence-corrected chi connectivity index (χ3v) is 7.34. The molecule has 4 nitrogen and oxygen atoms in total. The summed E-state index contributed by atoms with van der Waals surface area (Å²) in [4.78, 5) is 17.8. The van der Waals surface area contributed by atoms with Gasteiger partial charge in [0.15, 0.2) is 0 Å². The highest BCUT2D eigenvalue weighted by Crippen LogP contribution is 2.35. The number of nitrogens with zero attached hydrogens (tertiary/aromatic N) is 3. The first kappa shape index (κ1) is 20.6. The van der Waals surface area contributed by atoms with Gasteiger partial charge in [0.2, 0.25) is 0 Å². The van der Waals surface area contributed by atoms with Gasteiger partial charge in [0.25, 0.3) is 5.56 Å². The summed E-state index contributed by atoms with van der Waals surface area (Å²) in [7, 11) is 3.75. The fourth-order valence-electron chi connectivity index (χ4n) is 4.06. The zero-order valence-corrected chi connectivity index (χ0v) is 19.7. The highest BCUT2D eigenvalue weighted by molar-refractivity contribution is 7.10. The topological polar surface area (TPSA) is 39.8 Å². The minimum atomic E-state index is -0.117. The number of aryl methyl sites for hydroxylation is 2. The van der Waals surface area contributed by atoms with Gasteiger partial charge in [0, 0.05) is 52.0 Å². The van der Waals surface area contributed by atoms with Crippen molar-refractivity contribution in [3.05, 3.63) is 73.3 Å². The van der Waals surface area contributed by atoms with E-state index in [1.807, 2.05) is 29.1 Å². The second-order valence-corrected chi connectivity index (χ2v) is 9.39. The van der Waals surface area contributed by atoms with Crippen LogP contribution in [-0.2, 0) is 20.0 Å². The van der Waals surface area contributed by atoms with Gasteiger partial charge >= 0.3 is 0 Å². The Labute approximate surface area is 197 Å². The molecule has 5 aromatic rings. The fourth-order valence-corrected chi connectivity index (χ4v) is 5.46. The van der Waals surface area contributed by atoms with E-state index in [1.165, 1.54) is 0 Å². The van der Waals surface area contributed by atoms with Crippen LogP contribution < -0.4 is 5.56 Å². The number of hydrogen-bond acceptors (Lipinski definition) is 3. The lowest BCUT2D eigenvalue weighted by atomic mass is 10.0. The van der Waals surface area contributed by atoms with Gasteiger partial charge in [-0.15, -0.1) is 22.9 Å². The molecular formula is C23H16Cl3N3OS. The quantitative estimate of drug-likeness (QED) is 0.260. The molecule has 156 valence electrons. The lowest BCUT2D eigenvalue weighted by molar-refractivity contribution is 0.846. The van der Waals surface area contributed by atoms with Crippen LogP contribution in [0.3, 0.4) is 0 Å². The predicted octanol–water partition coefficient (Wildman–Crippen LogP) is 6.87. The van der Waals surface area contributed by atoms with Crippen molar-refractivity contribution in [3.63, 3.8) is 0 Å². The Balaban J connectivity index is 1.82. The second kappa shape index (κ2) is 7.68. The van der Waals surface area contributed by atoms with Crippen molar-refractivity contribution >= 4 is 68.1 Å². The number of alkyl halides is 1. The van der Waals surface area contributed by atoms with E-state index >= 15 is 0 Å². The SMILES string of the molecule is Cn1c(=O)c(-c2ccc(Cl)cc2Cl)cc2c3cc(-c4csc(CCl)n4)ccc3n(C)c21. The van der Waals surface area contributed by atoms with E-state index in [1.54, 1.807) is 41.2 Å². The summed E-state index contributed by atoms with van der Waals surface area (Å²) < 4.78 is 3.71. The first-order valence-corrected chi connectivity index (χ1v) is 11.6. The van der Waals surface area contributed by atoms with E-state index in [4.69, 9.17) is 34.8 Å². The van der Waals surface area contributed by atoms with Gasteiger partial charge in [-0.1, -0.05) is 35.3 Å². The van der Waals surface area contributed by atoms with Gasteiger partial charge in [-0.25, -0.2) is 4.98 Å². The van der Waals surface area contributed by atoms with Crippen LogP contribution in [0.15, 0.2) is 52.6 Å². The monoisotopic (exact) mass is 487 g/mol. The molecule has 5 rings (SSSR count). The Bertz CT molecular complexity index is 1550. The predicted molar refractivity (Wildman–Crippen MR) is 132 cm³/mol. The number of hydrogen-bond donors (Lipinski definition) is 0. The molecule has 0 aliphatic carbocycles. The third kappa shape index (κ3) is 3.28. The van der Waals surface area contributed by atoms with Crippen molar-refractivity contribution in [2.24, 2.45) is 14.1 Å². The van der Waals surface area contributed by atoms with Crippen LogP contribution in [0.1, 0.15) is 5.01 Å². The molecular weight excluding hydrogens is 473 g/mol. The molecule has 2 aromatic carbocycles. The van der Waals surface area contributed by atoms with Gasteiger partial charge in [-0.2, -0.15) is 0 Å². The van der Waals surface area contributed by atoms with Crippen LogP contribution in [0.2, 0.25) is 10.0 Å². The van der Waals surface area contributed by atoms with Crippen molar-refractivity contribution in [2.45, 2.75) is 5.88 Å². The third-order valence-electron chi connectivity index (χ3n) is 5.53. The minimum absolute atomic E-state index is 0.117. The molecule has 8 heteroatoms. The number of rotatable bonds is 3.